The van der Waals surface area contributed by atoms with Crippen LogP contribution >= 0.6 is 23.3 Å². The number of hydrogen-bond acceptors (Lipinski definition) is 14. The molecule has 0 saturated carbocycles. The van der Waals surface area contributed by atoms with Crippen LogP contribution in [-0.4, -0.2) is 115 Å². The second kappa shape index (κ2) is 11.7. The first-order valence-electron chi connectivity index (χ1n) is 11.8. The number of likely N-dealkylation sites (N-methyl/N-ethyl adjacent to an activating group) is 1. The van der Waals surface area contributed by atoms with E-state index in [0.717, 1.165) is 16.4 Å². The largest absolute Gasteiger partial charge is 0.543 e. The molecule has 4 heterocycles. The van der Waals surface area contributed by atoms with Crippen LogP contribution in [0.4, 0.5) is 5.13 Å². The Kier molecular flexibility index (Phi) is 8.51. The maximum Gasteiger partial charge on any atom is 0.278 e. The number of allylic oxidation sites excluding steroid dienone is 1. The van der Waals surface area contributed by atoms with Gasteiger partial charge in [-0.25, -0.2) is 0 Å². The lowest BCUT2D eigenvalue weighted by atomic mass is 10.0. The highest BCUT2D eigenvalue weighted by Crippen LogP contribution is 2.40. The predicted octanol–water partition coefficient (Wildman–Crippen LogP) is -3.10. The van der Waals surface area contributed by atoms with Crippen molar-refractivity contribution in [1.82, 2.24) is 19.6 Å². The summed E-state index contributed by atoms with van der Waals surface area (Å²) in [5, 5.41) is 45.8. The van der Waals surface area contributed by atoms with E-state index in [1.807, 2.05) is 7.05 Å². The van der Waals surface area contributed by atoms with Crippen LogP contribution in [0.5, 0.6) is 0 Å². The van der Waals surface area contributed by atoms with Crippen molar-refractivity contribution in [3.63, 3.8) is 0 Å². The molecule has 1 aromatic heterocycles. The number of nitrogens with zero attached hydrogens (tertiary/aromatic N) is 6. The number of carboxylic acids is 1. The lowest BCUT2D eigenvalue weighted by Gasteiger charge is -2.50. The number of thioether (sulfide) groups is 1. The smallest absolute Gasteiger partial charge is 0.278 e. The van der Waals surface area contributed by atoms with Crippen LogP contribution in [0.15, 0.2) is 28.6 Å². The minimum absolute atomic E-state index is 0.0626. The van der Waals surface area contributed by atoms with Gasteiger partial charge in [-0.2, -0.15) is 14.6 Å². The Labute approximate surface area is 231 Å². The Bertz CT molecular complexity index is 1290. The molecular formula is C22H26N8O7S2. The third kappa shape index (κ3) is 5.74. The van der Waals surface area contributed by atoms with Crippen molar-refractivity contribution >= 4 is 51.9 Å². The number of amides is 2. The second-order valence-corrected chi connectivity index (χ2v) is 11.2. The summed E-state index contributed by atoms with van der Waals surface area (Å²) in [6.45, 7) is 0.378. The Hall–Kier alpha value is -3.56. The number of nitrogens with one attached hydrogen (secondary N) is 1. The van der Waals surface area contributed by atoms with E-state index in [9.17, 15) is 29.7 Å². The lowest BCUT2D eigenvalue weighted by Crippen LogP contribution is -2.71. The molecule has 2 amide bonds. The van der Waals surface area contributed by atoms with Gasteiger partial charge in [0.1, 0.15) is 36.2 Å². The Balaban J connectivity index is 1.48. The van der Waals surface area contributed by atoms with E-state index in [2.05, 4.69) is 19.8 Å². The number of aliphatic hydroxyl groups is 2. The number of carbonyl (C=O) groups excluding carboxylic acids is 3. The van der Waals surface area contributed by atoms with Gasteiger partial charge in [0.25, 0.3) is 11.8 Å². The molecule has 15 nitrogen and oxygen atoms in total. The average molecular weight is 579 g/mol. The number of β-lactam (4-membered cyclic amide) rings is 1. The van der Waals surface area contributed by atoms with Gasteiger partial charge in [0, 0.05) is 23.7 Å². The number of rotatable bonds is 10. The number of anilines is 1. The molecular weight excluding hydrogens is 552 g/mol. The molecule has 0 bridgehead atoms. The molecule has 1 aromatic rings. The van der Waals surface area contributed by atoms with E-state index < -0.39 is 47.6 Å². The average Bonchev–Trinajstić information content (AvgIpc) is 3.45. The molecule has 5 atom stereocenters. The van der Waals surface area contributed by atoms with Crippen LogP contribution in [0, 0.1) is 11.3 Å². The Morgan fingerprint density at radius 3 is 2.90 bits per heavy atom. The first kappa shape index (κ1) is 28.4. The maximum atomic E-state index is 13.0. The summed E-state index contributed by atoms with van der Waals surface area (Å²) in [7, 11) is 1.91. The highest BCUT2D eigenvalue weighted by atomic mass is 32.2. The first-order valence-corrected chi connectivity index (χ1v) is 13.6. The molecule has 0 aromatic carbocycles. The van der Waals surface area contributed by atoms with Crippen LogP contribution in [0.1, 0.15) is 12.2 Å². The number of aliphatic hydroxyl groups excluding tert-OH is 2. The van der Waals surface area contributed by atoms with Gasteiger partial charge in [-0.1, -0.05) is 11.2 Å². The van der Waals surface area contributed by atoms with Gasteiger partial charge in [0.2, 0.25) is 18.1 Å². The fraction of sp³-hybridized carbons (Fsp3) is 0.500. The molecule has 3 aliphatic rings. The highest BCUT2D eigenvalue weighted by Gasteiger charge is 2.53. The lowest BCUT2D eigenvalue weighted by molar-refractivity contribution is -0.917. The topological polar surface area (TPSA) is 227 Å². The molecule has 0 spiro atoms. The van der Waals surface area contributed by atoms with Gasteiger partial charge < -0.3 is 40.5 Å². The zero-order valence-electron chi connectivity index (χ0n) is 20.7. The fourth-order valence-electron chi connectivity index (χ4n) is 4.82. The minimum atomic E-state index is -1.53. The third-order valence-corrected chi connectivity index (χ3v) is 8.58. The van der Waals surface area contributed by atoms with Crippen molar-refractivity contribution in [2.45, 2.75) is 30.0 Å². The summed E-state index contributed by atoms with van der Waals surface area (Å²) in [4.78, 5) is 47.7. The van der Waals surface area contributed by atoms with Gasteiger partial charge in [-0.15, -0.1) is 11.8 Å². The van der Waals surface area contributed by atoms with Gasteiger partial charge in [-0.05, 0) is 11.6 Å². The van der Waals surface area contributed by atoms with E-state index in [-0.39, 0.29) is 35.1 Å². The number of aromatic nitrogens is 2. The molecule has 5 N–H and O–H groups in total. The van der Waals surface area contributed by atoms with E-state index in [4.69, 9.17) is 15.8 Å². The molecule has 17 heteroatoms. The normalized spacial score (nSPS) is 28.7. The molecule has 3 aliphatic heterocycles. The first-order chi connectivity index (χ1) is 18.6. The van der Waals surface area contributed by atoms with Crippen molar-refractivity contribution in [2.75, 3.05) is 44.8 Å². The maximum absolute atomic E-state index is 13.0. The quantitative estimate of drug-likeness (QED) is 0.0711. The molecule has 0 radical (unpaired) electrons. The molecule has 4 rings (SSSR count). The second-order valence-electron chi connectivity index (χ2n) is 9.32. The van der Waals surface area contributed by atoms with Crippen LogP contribution in [0.2, 0.25) is 0 Å². The van der Waals surface area contributed by atoms with E-state index in [1.165, 1.54) is 11.8 Å². The zero-order valence-corrected chi connectivity index (χ0v) is 22.4. The van der Waals surface area contributed by atoms with Crippen molar-refractivity contribution < 1.29 is 39.0 Å². The monoisotopic (exact) mass is 578 g/mol. The van der Waals surface area contributed by atoms with Gasteiger partial charge in [0.15, 0.2) is 5.13 Å². The van der Waals surface area contributed by atoms with Gasteiger partial charge in [-0.3, -0.25) is 14.5 Å². The van der Waals surface area contributed by atoms with Crippen molar-refractivity contribution in [1.29, 1.82) is 5.26 Å². The molecule has 1 unspecified atom stereocenters. The number of hydrogen-bond donors (Lipinski definition) is 4. The van der Waals surface area contributed by atoms with Crippen molar-refractivity contribution in [2.24, 2.45) is 5.16 Å². The number of carboxylic acid groups (broad SMARTS) is 1. The molecule has 2 fully saturated rings. The van der Waals surface area contributed by atoms with Crippen LogP contribution < -0.4 is 16.2 Å². The molecule has 0 aliphatic carbocycles. The number of quaternary nitrogens is 1. The Morgan fingerprint density at radius 2 is 2.26 bits per heavy atom. The Morgan fingerprint density at radius 1 is 1.49 bits per heavy atom. The third-order valence-electron chi connectivity index (χ3n) is 6.74. The number of oxime groups is 1. The van der Waals surface area contributed by atoms with Gasteiger partial charge in [0.05, 0.1) is 31.9 Å². The number of nitrogen functional groups attached to an aromatic ring is 1. The summed E-state index contributed by atoms with van der Waals surface area (Å²) in [5.41, 5.74) is 5.27. The molecule has 208 valence electrons. The standard InChI is InChI=1S/C22H26N8O7S2/c1-30(8-13(32)7-12(30)9-31)5-2-3-11-10-38-20-15(19(34)29(20)16(11)21(35)36)25-18(33)14(27-37-6-4-23)17-26-22(24)39-28-17/h2-3,12-13,15,20,31-32H,5-10H2,1H3,(H3-,24,25,26,28,33,35,36)/b3-2+,27-14-/t12-,13?,15-,20-,30-/m1/s1. The molecule has 2 saturated heterocycles. The van der Waals surface area contributed by atoms with Crippen LogP contribution in [0.3, 0.4) is 0 Å². The number of aliphatic carboxylic acids is 1. The highest BCUT2D eigenvalue weighted by molar-refractivity contribution is 8.00. The van der Waals surface area contributed by atoms with E-state index in [1.54, 1.807) is 18.2 Å². The summed E-state index contributed by atoms with van der Waals surface area (Å²) in [6, 6.07) is 0.494. The van der Waals surface area contributed by atoms with Gasteiger partial charge >= 0.3 is 0 Å². The summed E-state index contributed by atoms with van der Waals surface area (Å²) in [6.07, 6.45) is 3.33. The molecule has 39 heavy (non-hydrogen) atoms. The number of nitrogens with two attached hydrogens (primary N) is 1. The van der Waals surface area contributed by atoms with E-state index in [0.29, 0.717) is 29.6 Å². The number of likely N-dealkylation sites (tertiary alicyclic amines) is 1. The number of fused-ring (bicyclic) bond motifs is 1. The predicted molar refractivity (Wildman–Crippen MR) is 136 cm³/mol. The zero-order chi connectivity index (χ0) is 28.3. The SMILES string of the molecule is C[N@@+]1(C/C=C/C2=C(C(=O)[O-])N3C(=O)[C@@H](NC(=O)/C(=N\OCC#N)c4nsc(N)n4)[C@H]3SC2)CC(O)C[C@@H]1CO. The summed E-state index contributed by atoms with van der Waals surface area (Å²) >= 11 is 2.07. The van der Waals surface area contributed by atoms with Crippen molar-refractivity contribution in [3.8, 4) is 6.07 Å². The summed E-state index contributed by atoms with van der Waals surface area (Å²) in [5.74, 6) is -2.97. The van der Waals surface area contributed by atoms with E-state index >= 15 is 0 Å². The van der Waals surface area contributed by atoms with Crippen LogP contribution in [-0.2, 0) is 19.2 Å². The fourth-order valence-corrected chi connectivity index (χ4v) is 6.57. The van der Waals surface area contributed by atoms with Crippen LogP contribution in [0.25, 0.3) is 0 Å². The summed E-state index contributed by atoms with van der Waals surface area (Å²) < 4.78 is 4.31. The number of carbonyl (C=O) groups is 3. The van der Waals surface area contributed by atoms with Crippen molar-refractivity contribution in [3.05, 3.63) is 29.2 Å². The minimum Gasteiger partial charge on any atom is -0.543 e. The number of nitriles is 1.